The van der Waals surface area contributed by atoms with E-state index in [2.05, 4.69) is 10.6 Å². The van der Waals surface area contributed by atoms with Gasteiger partial charge in [-0.1, -0.05) is 0 Å². The summed E-state index contributed by atoms with van der Waals surface area (Å²) in [4.78, 5) is 35.1. The molecule has 4 N–H and O–H groups in total. The van der Waals surface area contributed by atoms with Crippen LogP contribution in [-0.2, 0) is 9.59 Å². The molecule has 8 nitrogen and oxygen atoms in total. The van der Waals surface area contributed by atoms with Gasteiger partial charge in [0.15, 0.2) is 0 Å². The molecule has 0 aromatic heterocycles. The van der Waals surface area contributed by atoms with Gasteiger partial charge in [-0.25, -0.2) is 9.59 Å². The van der Waals surface area contributed by atoms with Gasteiger partial charge in [0.25, 0.3) is 0 Å². The first kappa shape index (κ1) is 15.2. The number of urea groups is 1. The maximum atomic E-state index is 11.8. The Morgan fingerprint density at radius 1 is 1.37 bits per heavy atom. The van der Waals surface area contributed by atoms with E-state index < -0.39 is 24.1 Å². The van der Waals surface area contributed by atoms with Crippen molar-refractivity contribution in [1.29, 1.82) is 0 Å². The van der Waals surface area contributed by atoms with Gasteiger partial charge in [-0.05, 0) is 13.8 Å². The topological polar surface area (TPSA) is 119 Å². The van der Waals surface area contributed by atoms with E-state index in [-0.39, 0.29) is 31.5 Å². The van der Waals surface area contributed by atoms with Crippen LogP contribution >= 0.6 is 0 Å². The number of hydrogen-bond donors (Lipinski definition) is 4. The molecular weight excluding hydrogens is 254 g/mol. The maximum Gasteiger partial charge on any atom is 0.326 e. The van der Waals surface area contributed by atoms with Crippen LogP contribution in [0, 0.1) is 0 Å². The molecule has 1 aliphatic heterocycles. The van der Waals surface area contributed by atoms with Crippen LogP contribution in [0.25, 0.3) is 0 Å². The van der Waals surface area contributed by atoms with Crippen molar-refractivity contribution >= 4 is 17.9 Å². The Balaban J connectivity index is 2.48. The number of carbonyl (C=O) groups excluding carboxylic acids is 2. The number of nitrogens with one attached hydrogen (secondary N) is 2. The number of β-amino-alcohol motifs (C(OH)–C–C–N with tert-alkyl or cyclic N) is 1. The van der Waals surface area contributed by atoms with Crippen molar-refractivity contribution in [2.45, 2.75) is 38.5 Å². The summed E-state index contributed by atoms with van der Waals surface area (Å²) in [6, 6.07) is -1.75. The molecule has 1 rings (SSSR count). The number of carbonyl (C=O) groups is 3. The summed E-state index contributed by atoms with van der Waals surface area (Å²) in [5.74, 6) is -1.52. The predicted molar refractivity (Wildman–Crippen MR) is 65.4 cm³/mol. The van der Waals surface area contributed by atoms with Crippen molar-refractivity contribution in [1.82, 2.24) is 15.5 Å². The summed E-state index contributed by atoms with van der Waals surface area (Å²) in [6.07, 6.45) is -0.850. The summed E-state index contributed by atoms with van der Waals surface area (Å²) in [6.45, 7) is 3.30. The highest BCUT2D eigenvalue weighted by Crippen LogP contribution is 2.17. The Morgan fingerprint density at radius 3 is 2.53 bits per heavy atom. The first-order valence-corrected chi connectivity index (χ1v) is 6.06. The number of aliphatic hydroxyl groups excluding tert-OH is 1. The molecular formula is C11H19N3O5. The summed E-state index contributed by atoms with van der Waals surface area (Å²) in [5, 5.41) is 23.3. The highest BCUT2D eigenvalue weighted by Gasteiger charge is 2.38. The molecule has 0 spiro atoms. The second kappa shape index (κ2) is 6.37. The first-order valence-electron chi connectivity index (χ1n) is 6.06. The van der Waals surface area contributed by atoms with Crippen LogP contribution in [-0.4, -0.2) is 64.3 Å². The zero-order valence-electron chi connectivity index (χ0n) is 10.9. The van der Waals surface area contributed by atoms with E-state index in [1.165, 1.54) is 0 Å². The molecule has 19 heavy (non-hydrogen) atoms. The van der Waals surface area contributed by atoms with Crippen molar-refractivity contribution in [3.05, 3.63) is 0 Å². The van der Waals surface area contributed by atoms with Gasteiger partial charge in [0.1, 0.15) is 6.04 Å². The third-order valence-electron chi connectivity index (χ3n) is 2.67. The Kier molecular flexibility index (Phi) is 5.11. The maximum absolute atomic E-state index is 11.8. The highest BCUT2D eigenvalue weighted by molar-refractivity contribution is 5.87. The second-order valence-corrected chi connectivity index (χ2v) is 4.78. The highest BCUT2D eigenvalue weighted by atomic mass is 16.4. The minimum absolute atomic E-state index is 0.000936. The number of carboxylic acids is 1. The van der Waals surface area contributed by atoms with Gasteiger partial charge in [0, 0.05) is 19.0 Å². The summed E-state index contributed by atoms with van der Waals surface area (Å²) >= 11 is 0. The first-order chi connectivity index (χ1) is 8.81. The molecule has 1 saturated heterocycles. The smallest absolute Gasteiger partial charge is 0.326 e. The van der Waals surface area contributed by atoms with E-state index in [1.807, 2.05) is 0 Å². The average molecular weight is 273 g/mol. The van der Waals surface area contributed by atoms with E-state index in [4.69, 9.17) is 5.11 Å². The summed E-state index contributed by atoms with van der Waals surface area (Å²) in [7, 11) is 0. The normalized spacial score (nSPS) is 22.4. The van der Waals surface area contributed by atoms with Gasteiger partial charge in [-0.3, -0.25) is 4.79 Å². The molecule has 3 amide bonds. The molecule has 0 radical (unpaired) electrons. The van der Waals surface area contributed by atoms with Gasteiger partial charge in [-0.2, -0.15) is 0 Å². The lowest BCUT2D eigenvalue weighted by atomic mass is 10.2. The van der Waals surface area contributed by atoms with Crippen LogP contribution in [0.4, 0.5) is 4.79 Å². The lowest BCUT2D eigenvalue weighted by Gasteiger charge is -2.21. The quantitative estimate of drug-likeness (QED) is 0.510. The van der Waals surface area contributed by atoms with Gasteiger partial charge >= 0.3 is 12.0 Å². The molecule has 0 saturated carbocycles. The van der Waals surface area contributed by atoms with E-state index in [9.17, 15) is 19.5 Å². The predicted octanol–water partition coefficient (Wildman–Crippen LogP) is -1.26. The standard InChI is InChI=1S/C11H19N3O5/c1-6(2)13-9(16)4-12-11(19)14-5-7(15)3-8(14)10(17)18/h6-8,15H,3-5H2,1-2H3,(H,12,19)(H,13,16)(H,17,18)/t7-,8-/m1/s1. The molecule has 1 aliphatic rings. The Bertz CT molecular complexity index is 371. The summed E-state index contributed by atoms with van der Waals surface area (Å²) in [5.41, 5.74) is 0. The molecule has 0 unspecified atom stereocenters. The number of aliphatic carboxylic acids is 1. The second-order valence-electron chi connectivity index (χ2n) is 4.78. The molecule has 0 bridgehead atoms. The number of hydrogen-bond acceptors (Lipinski definition) is 4. The monoisotopic (exact) mass is 273 g/mol. The summed E-state index contributed by atoms with van der Waals surface area (Å²) < 4.78 is 0. The fourth-order valence-electron chi connectivity index (χ4n) is 1.90. The number of nitrogens with zero attached hydrogens (tertiary/aromatic N) is 1. The van der Waals surface area contributed by atoms with Crippen LogP contribution in [0.15, 0.2) is 0 Å². The Labute approximate surface area is 110 Å². The molecule has 0 aromatic carbocycles. The van der Waals surface area contributed by atoms with Gasteiger partial charge < -0.3 is 25.7 Å². The van der Waals surface area contributed by atoms with Crippen molar-refractivity contribution in [3.8, 4) is 0 Å². The fraction of sp³-hybridized carbons (Fsp3) is 0.727. The molecule has 8 heteroatoms. The minimum atomic E-state index is -1.17. The third-order valence-corrected chi connectivity index (χ3v) is 2.67. The van der Waals surface area contributed by atoms with Gasteiger partial charge in [-0.15, -0.1) is 0 Å². The van der Waals surface area contributed by atoms with E-state index in [0.717, 1.165) is 4.90 Å². The van der Waals surface area contributed by atoms with Crippen LogP contribution in [0.1, 0.15) is 20.3 Å². The number of carboxylic acid groups (broad SMARTS) is 1. The fourth-order valence-corrected chi connectivity index (χ4v) is 1.90. The zero-order chi connectivity index (χ0) is 14.6. The number of amides is 3. The number of aliphatic hydroxyl groups is 1. The molecule has 1 heterocycles. The lowest BCUT2D eigenvalue weighted by molar-refractivity contribution is -0.141. The molecule has 1 fully saturated rings. The minimum Gasteiger partial charge on any atom is -0.480 e. The van der Waals surface area contributed by atoms with Crippen LogP contribution in [0.2, 0.25) is 0 Å². The molecule has 0 aliphatic carbocycles. The number of rotatable bonds is 4. The van der Waals surface area contributed by atoms with Crippen LogP contribution in [0.3, 0.4) is 0 Å². The number of likely N-dealkylation sites (tertiary alicyclic amines) is 1. The molecule has 108 valence electrons. The van der Waals surface area contributed by atoms with Crippen molar-refractivity contribution in [3.63, 3.8) is 0 Å². The van der Waals surface area contributed by atoms with Gasteiger partial charge in [0.05, 0.1) is 12.6 Å². The van der Waals surface area contributed by atoms with Crippen LogP contribution in [0.5, 0.6) is 0 Å². The van der Waals surface area contributed by atoms with Crippen molar-refractivity contribution in [2.24, 2.45) is 0 Å². The lowest BCUT2D eigenvalue weighted by Crippen LogP contribution is -2.49. The molecule has 0 aromatic rings. The Hall–Kier alpha value is -1.83. The van der Waals surface area contributed by atoms with Gasteiger partial charge in [0.2, 0.25) is 5.91 Å². The van der Waals surface area contributed by atoms with E-state index >= 15 is 0 Å². The van der Waals surface area contributed by atoms with Crippen molar-refractivity contribution < 1.29 is 24.6 Å². The van der Waals surface area contributed by atoms with E-state index in [1.54, 1.807) is 13.8 Å². The van der Waals surface area contributed by atoms with E-state index in [0.29, 0.717) is 0 Å². The van der Waals surface area contributed by atoms with Crippen molar-refractivity contribution in [2.75, 3.05) is 13.1 Å². The Morgan fingerprint density at radius 2 is 2.00 bits per heavy atom. The zero-order valence-corrected chi connectivity index (χ0v) is 10.9. The SMILES string of the molecule is CC(C)NC(=O)CNC(=O)N1C[C@H](O)C[C@@H]1C(=O)O. The largest absolute Gasteiger partial charge is 0.480 e. The third kappa shape index (κ3) is 4.40. The average Bonchev–Trinajstić information content (AvgIpc) is 2.67. The van der Waals surface area contributed by atoms with Crippen LogP contribution < -0.4 is 10.6 Å². The molecule has 2 atom stereocenters.